The Balaban J connectivity index is 2.38. The maximum absolute atomic E-state index is 13.3. The highest BCUT2D eigenvalue weighted by Gasteiger charge is 2.55. The van der Waals surface area contributed by atoms with Crippen LogP contribution in [0, 0.1) is 6.92 Å². The first-order chi connectivity index (χ1) is 9.22. The van der Waals surface area contributed by atoms with Crippen molar-refractivity contribution in [1.29, 1.82) is 0 Å². The van der Waals surface area contributed by atoms with Crippen molar-refractivity contribution in [2.24, 2.45) is 0 Å². The lowest BCUT2D eigenvalue weighted by atomic mass is 9.86. The summed E-state index contributed by atoms with van der Waals surface area (Å²) in [5, 5.41) is 10.2. The Morgan fingerprint density at radius 2 is 1.75 bits per heavy atom. The second-order valence-corrected chi connectivity index (χ2v) is 5.17. The second-order valence-electron chi connectivity index (χ2n) is 5.17. The van der Waals surface area contributed by atoms with Gasteiger partial charge in [-0.3, -0.25) is 4.79 Å². The van der Waals surface area contributed by atoms with Crippen LogP contribution in [0.3, 0.4) is 0 Å². The van der Waals surface area contributed by atoms with E-state index < -0.39 is 18.2 Å². The molecule has 0 saturated heterocycles. The van der Waals surface area contributed by atoms with Crippen molar-refractivity contribution < 1.29 is 23.1 Å². The summed E-state index contributed by atoms with van der Waals surface area (Å²) in [7, 11) is 0. The number of hydrogen-bond acceptors (Lipinski definition) is 2. The van der Waals surface area contributed by atoms with Crippen molar-refractivity contribution in [3.05, 3.63) is 47.0 Å². The lowest BCUT2D eigenvalue weighted by molar-refractivity contribution is -0.266. The van der Waals surface area contributed by atoms with Gasteiger partial charge in [0, 0.05) is 12.8 Å². The first-order valence-corrected chi connectivity index (χ1v) is 6.31. The highest BCUT2D eigenvalue weighted by molar-refractivity contribution is 5.92. The number of rotatable bonds is 3. The van der Waals surface area contributed by atoms with E-state index >= 15 is 0 Å². The highest BCUT2D eigenvalue weighted by atomic mass is 19.4. The maximum atomic E-state index is 13.3. The molecule has 1 aliphatic carbocycles. The summed E-state index contributed by atoms with van der Waals surface area (Å²) in [4.78, 5) is 11.1. The third kappa shape index (κ3) is 2.77. The largest absolute Gasteiger partial charge is 0.421 e. The standard InChI is InChI=1S/C15H15F3O2/c1-10-2-5-12(6-3-10)14(20,15(16,17)18)9-11-4-7-13(19)8-11/h2-3,5-6,8,20H,4,7,9H2,1H3. The monoisotopic (exact) mass is 284 g/mol. The Bertz CT molecular complexity index is 543. The van der Waals surface area contributed by atoms with E-state index in [0.29, 0.717) is 5.57 Å². The number of carbonyl (C=O) groups excluding carboxylic acids is 1. The molecule has 1 aliphatic rings. The third-order valence-corrected chi connectivity index (χ3v) is 3.54. The smallest absolute Gasteiger partial charge is 0.376 e. The quantitative estimate of drug-likeness (QED) is 0.923. The molecule has 1 aromatic rings. The number of hydrogen-bond donors (Lipinski definition) is 1. The summed E-state index contributed by atoms with van der Waals surface area (Å²) >= 11 is 0. The molecule has 1 atom stereocenters. The van der Waals surface area contributed by atoms with E-state index in [1.54, 1.807) is 6.92 Å². The van der Waals surface area contributed by atoms with Gasteiger partial charge >= 0.3 is 6.18 Å². The van der Waals surface area contributed by atoms with E-state index in [4.69, 9.17) is 0 Å². The van der Waals surface area contributed by atoms with E-state index in [1.165, 1.54) is 30.3 Å². The zero-order valence-electron chi connectivity index (χ0n) is 11.0. The van der Waals surface area contributed by atoms with E-state index in [9.17, 15) is 23.1 Å². The maximum Gasteiger partial charge on any atom is 0.421 e. The molecule has 0 radical (unpaired) electrons. The molecular weight excluding hydrogens is 269 g/mol. The van der Waals surface area contributed by atoms with Crippen molar-refractivity contribution in [3.8, 4) is 0 Å². The van der Waals surface area contributed by atoms with Crippen LogP contribution in [0.5, 0.6) is 0 Å². The Morgan fingerprint density at radius 1 is 1.15 bits per heavy atom. The molecule has 0 fully saturated rings. The molecule has 20 heavy (non-hydrogen) atoms. The Kier molecular flexibility index (Phi) is 3.73. The van der Waals surface area contributed by atoms with Gasteiger partial charge in [-0.25, -0.2) is 0 Å². The van der Waals surface area contributed by atoms with Gasteiger partial charge in [0.25, 0.3) is 0 Å². The van der Waals surface area contributed by atoms with Crippen LogP contribution in [-0.4, -0.2) is 17.1 Å². The van der Waals surface area contributed by atoms with Gasteiger partial charge in [0.05, 0.1) is 0 Å². The zero-order valence-corrected chi connectivity index (χ0v) is 11.0. The zero-order chi connectivity index (χ0) is 15.0. The van der Waals surface area contributed by atoms with Gasteiger partial charge < -0.3 is 5.11 Å². The van der Waals surface area contributed by atoms with Crippen LogP contribution >= 0.6 is 0 Å². The first-order valence-electron chi connectivity index (χ1n) is 6.31. The Hall–Kier alpha value is -1.62. The number of allylic oxidation sites excluding steroid dienone is 1. The molecule has 0 aromatic heterocycles. The molecule has 0 aliphatic heterocycles. The third-order valence-electron chi connectivity index (χ3n) is 3.54. The summed E-state index contributed by atoms with van der Waals surface area (Å²) in [6.45, 7) is 1.76. The summed E-state index contributed by atoms with van der Waals surface area (Å²) in [6.07, 6.45) is -3.68. The van der Waals surface area contributed by atoms with Crippen LogP contribution in [0.25, 0.3) is 0 Å². The lowest BCUT2D eigenvalue weighted by Crippen LogP contribution is -2.42. The molecule has 0 heterocycles. The van der Waals surface area contributed by atoms with Gasteiger partial charge in [0.1, 0.15) is 0 Å². The van der Waals surface area contributed by atoms with Gasteiger partial charge in [-0.15, -0.1) is 0 Å². The number of ketones is 1. The van der Waals surface area contributed by atoms with Crippen molar-refractivity contribution in [1.82, 2.24) is 0 Å². The molecule has 0 saturated carbocycles. The van der Waals surface area contributed by atoms with Crippen LogP contribution in [0.1, 0.15) is 30.4 Å². The SMILES string of the molecule is Cc1ccc(C(O)(CC2=CC(=O)CC2)C(F)(F)F)cc1. The molecule has 1 N–H and O–H groups in total. The van der Waals surface area contributed by atoms with Crippen LogP contribution in [-0.2, 0) is 10.4 Å². The summed E-state index contributed by atoms with van der Waals surface area (Å²) in [5.41, 5.74) is -1.99. The number of benzene rings is 1. The topological polar surface area (TPSA) is 37.3 Å². The minimum atomic E-state index is -4.80. The predicted molar refractivity (Wildman–Crippen MR) is 68.1 cm³/mol. The number of carbonyl (C=O) groups is 1. The first kappa shape index (κ1) is 14.8. The van der Waals surface area contributed by atoms with Gasteiger partial charge in [0.15, 0.2) is 11.4 Å². The van der Waals surface area contributed by atoms with Gasteiger partial charge in [-0.1, -0.05) is 35.4 Å². The van der Waals surface area contributed by atoms with Crippen LogP contribution < -0.4 is 0 Å². The summed E-state index contributed by atoms with van der Waals surface area (Å²) in [6, 6.07) is 5.61. The number of aliphatic hydroxyl groups is 1. The number of halogens is 3. The molecule has 1 aromatic carbocycles. The molecule has 108 valence electrons. The summed E-state index contributed by atoms with van der Waals surface area (Å²) in [5.74, 6) is -0.187. The van der Waals surface area contributed by atoms with Crippen molar-refractivity contribution in [2.75, 3.05) is 0 Å². The molecule has 2 rings (SSSR count). The molecule has 0 bridgehead atoms. The average Bonchev–Trinajstić information content (AvgIpc) is 2.74. The highest BCUT2D eigenvalue weighted by Crippen LogP contribution is 2.44. The van der Waals surface area contributed by atoms with Gasteiger partial charge in [-0.2, -0.15) is 13.2 Å². The average molecular weight is 284 g/mol. The lowest BCUT2D eigenvalue weighted by Gasteiger charge is -2.31. The minimum absolute atomic E-state index is 0.187. The summed E-state index contributed by atoms with van der Waals surface area (Å²) < 4.78 is 39.8. The fraction of sp³-hybridized carbons (Fsp3) is 0.400. The normalized spacial score (nSPS) is 18.9. The molecule has 2 nitrogen and oxygen atoms in total. The van der Waals surface area contributed by atoms with Gasteiger partial charge in [0.2, 0.25) is 0 Å². The molecule has 1 unspecified atom stereocenters. The van der Waals surface area contributed by atoms with Crippen molar-refractivity contribution >= 4 is 5.78 Å². The van der Waals surface area contributed by atoms with Crippen LogP contribution in [0.15, 0.2) is 35.9 Å². The fourth-order valence-corrected chi connectivity index (χ4v) is 2.32. The molecule has 5 heteroatoms. The molecule has 0 spiro atoms. The molecular formula is C15H15F3O2. The van der Waals surface area contributed by atoms with Crippen molar-refractivity contribution in [2.45, 2.75) is 38.0 Å². The fourth-order valence-electron chi connectivity index (χ4n) is 2.32. The van der Waals surface area contributed by atoms with Crippen LogP contribution in [0.2, 0.25) is 0 Å². The minimum Gasteiger partial charge on any atom is -0.376 e. The Morgan fingerprint density at radius 3 is 2.20 bits per heavy atom. The van der Waals surface area contributed by atoms with Crippen molar-refractivity contribution in [3.63, 3.8) is 0 Å². The van der Waals surface area contributed by atoms with Gasteiger partial charge in [-0.05, 0) is 25.0 Å². The van der Waals surface area contributed by atoms with E-state index in [2.05, 4.69) is 0 Å². The van der Waals surface area contributed by atoms with Crippen LogP contribution in [0.4, 0.5) is 13.2 Å². The second kappa shape index (κ2) is 5.05. The number of aryl methyl sites for hydroxylation is 1. The predicted octanol–water partition coefficient (Wildman–Crippen LogP) is 3.42. The van der Waals surface area contributed by atoms with E-state index in [1.807, 2.05) is 0 Å². The number of alkyl halides is 3. The van der Waals surface area contributed by atoms with E-state index in [0.717, 1.165) is 5.56 Å². The Labute approximate surface area is 114 Å². The molecule has 0 amide bonds. The van der Waals surface area contributed by atoms with E-state index in [-0.39, 0.29) is 24.2 Å².